The molecule has 0 bridgehead atoms. The molecular weight excluding hydrogens is 266 g/mol. The SMILES string of the molecule is Cn1cc([N+](=O)[O-])nc1C(=O)NCCN1CCOCC1. The van der Waals surface area contributed by atoms with Gasteiger partial charge in [-0.3, -0.25) is 9.69 Å². The van der Waals surface area contributed by atoms with E-state index in [4.69, 9.17) is 4.74 Å². The predicted octanol–water partition coefficient (Wildman–Crippen LogP) is -0.610. The third-order valence-electron chi connectivity index (χ3n) is 3.07. The third-order valence-corrected chi connectivity index (χ3v) is 3.07. The summed E-state index contributed by atoms with van der Waals surface area (Å²) in [4.78, 5) is 27.7. The minimum Gasteiger partial charge on any atom is -0.379 e. The summed E-state index contributed by atoms with van der Waals surface area (Å²) in [5.41, 5.74) is 0. The van der Waals surface area contributed by atoms with Crippen molar-refractivity contribution in [1.29, 1.82) is 0 Å². The number of nitrogens with zero attached hydrogens (tertiary/aromatic N) is 4. The lowest BCUT2D eigenvalue weighted by atomic mass is 10.4. The van der Waals surface area contributed by atoms with E-state index in [1.165, 1.54) is 10.8 Å². The van der Waals surface area contributed by atoms with Gasteiger partial charge in [-0.2, -0.15) is 0 Å². The maximum absolute atomic E-state index is 11.9. The highest BCUT2D eigenvalue weighted by Crippen LogP contribution is 2.09. The Hall–Kier alpha value is -2.00. The van der Waals surface area contributed by atoms with Crippen molar-refractivity contribution in [3.05, 3.63) is 22.1 Å². The normalized spacial score (nSPS) is 16.1. The Morgan fingerprint density at radius 2 is 2.25 bits per heavy atom. The molecule has 1 N–H and O–H groups in total. The zero-order valence-electron chi connectivity index (χ0n) is 11.2. The molecule has 1 aliphatic rings. The van der Waals surface area contributed by atoms with Crippen molar-refractivity contribution in [3.63, 3.8) is 0 Å². The molecule has 0 aromatic carbocycles. The average Bonchev–Trinajstić information content (AvgIpc) is 2.82. The van der Waals surface area contributed by atoms with Crippen LogP contribution < -0.4 is 5.32 Å². The molecule has 20 heavy (non-hydrogen) atoms. The number of rotatable bonds is 5. The monoisotopic (exact) mass is 283 g/mol. The van der Waals surface area contributed by atoms with Gasteiger partial charge in [0, 0.05) is 33.2 Å². The lowest BCUT2D eigenvalue weighted by Crippen LogP contribution is -2.41. The fraction of sp³-hybridized carbons (Fsp3) is 0.636. The van der Waals surface area contributed by atoms with Crippen LogP contribution in [-0.4, -0.2) is 64.7 Å². The number of hydrogen-bond donors (Lipinski definition) is 1. The van der Waals surface area contributed by atoms with Crippen LogP contribution in [-0.2, 0) is 11.8 Å². The summed E-state index contributed by atoms with van der Waals surface area (Å²) in [6.45, 7) is 4.31. The van der Waals surface area contributed by atoms with E-state index in [0.717, 1.165) is 19.6 Å². The first kappa shape index (κ1) is 14.4. The molecule has 9 nitrogen and oxygen atoms in total. The van der Waals surface area contributed by atoms with Gasteiger partial charge < -0.3 is 24.7 Å². The minimum atomic E-state index is -0.621. The van der Waals surface area contributed by atoms with Crippen molar-refractivity contribution in [3.8, 4) is 0 Å². The lowest BCUT2D eigenvalue weighted by Gasteiger charge is -2.26. The van der Waals surface area contributed by atoms with Crippen molar-refractivity contribution in [2.24, 2.45) is 7.05 Å². The van der Waals surface area contributed by atoms with Gasteiger partial charge in [0.25, 0.3) is 0 Å². The molecule has 1 aromatic heterocycles. The predicted molar refractivity (Wildman–Crippen MR) is 69.5 cm³/mol. The van der Waals surface area contributed by atoms with Gasteiger partial charge in [-0.1, -0.05) is 0 Å². The number of aryl methyl sites for hydroxylation is 1. The van der Waals surface area contributed by atoms with Crippen LogP contribution in [0.3, 0.4) is 0 Å². The van der Waals surface area contributed by atoms with Crippen molar-refractivity contribution >= 4 is 11.7 Å². The minimum absolute atomic E-state index is 0.0404. The summed E-state index contributed by atoms with van der Waals surface area (Å²) in [6.07, 6.45) is 1.22. The molecule has 1 aliphatic heterocycles. The molecule has 0 saturated carbocycles. The molecule has 0 unspecified atom stereocenters. The molecule has 110 valence electrons. The van der Waals surface area contributed by atoms with Crippen LogP contribution in [0.15, 0.2) is 6.20 Å². The molecule has 9 heteroatoms. The van der Waals surface area contributed by atoms with E-state index in [2.05, 4.69) is 15.2 Å². The van der Waals surface area contributed by atoms with Crippen LogP contribution in [0.25, 0.3) is 0 Å². The van der Waals surface area contributed by atoms with Gasteiger partial charge in [-0.25, -0.2) is 0 Å². The summed E-state index contributed by atoms with van der Waals surface area (Å²) >= 11 is 0. The molecule has 2 heterocycles. The highest BCUT2D eigenvalue weighted by atomic mass is 16.6. The van der Waals surface area contributed by atoms with Crippen LogP contribution in [0, 0.1) is 10.1 Å². The first-order valence-corrected chi connectivity index (χ1v) is 6.34. The number of ether oxygens (including phenoxy) is 1. The molecule has 1 saturated heterocycles. The summed E-state index contributed by atoms with van der Waals surface area (Å²) in [5.74, 6) is -0.696. The number of nitro groups is 1. The number of imidazole rings is 1. The Balaban J connectivity index is 1.83. The van der Waals surface area contributed by atoms with Gasteiger partial charge in [-0.05, 0) is 9.91 Å². The number of morpholine rings is 1. The van der Waals surface area contributed by atoms with Crippen molar-refractivity contribution < 1.29 is 14.5 Å². The van der Waals surface area contributed by atoms with Crippen molar-refractivity contribution in [2.75, 3.05) is 39.4 Å². The summed E-state index contributed by atoms with van der Waals surface area (Å²) in [7, 11) is 1.55. The standard InChI is InChI=1S/C11H17N5O4/c1-14-8-9(16(18)19)13-10(14)11(17)12-2-3-15-4-6-20-7-5-15/h8H,2-7H2,1H3,(H,12,17). The molecular formula is C11H17N5O4. The molecule has 0 spiro atoms. The van der Waals surface area contributed by atoms with Crippen LogP contribution in [0.5, 0.6) is 0 Å². The van der Waals surface area contributed by atoms with E-state index in [1.807, 2.05) is 0 Å². The van der Waals surface area contributed by atoms with Gasteiger partial charge in [-0.15, -0.1) is 0 Å². The molecule has 0 atom stereocenters. The zero-order chi connectivity index (χ0) is 14.5. The Morgan fingerprint density at radius 1 is 1.55 bits per heavy atom. The zero-order valence-corrected chi connectivity index (χ0v) is 11.2. The molecule has 0 radical (unpaired) electrons. The second-order valence-corrected chi connectivity index (χ2v) is 4.50. The first-order valence-electron chi connectivity index (χ1n) is 6.34. The summed E-state index contributed by atoms with van der Waals surface area (Å²) < 4.78 is 6.58. The van der Waals surface area contributed by atoms with E-state index >= 15 is 0 Å². The number of carbonyl (C=O) groups excluding carboxylic acids is 1. The number of hydrogen-bond acceptors (Lipinski definition) is 6. The van der Waals surface area contributed by atoms with Gasteiger partial charge >= 0.3 is 17.5 Å². The van der Waals surface area contributed by atoms with Crippen molar-refractivity contribution in [1.82, 2.24) is 19.8 Å². The van der Waals surface area contributed by atoms with E-state index in [-0.39, 0.29) is 11.6 Å². The molecule has 1 fully saturated rings. The Kier molecular flexibility index (Phi) is 4.64. The average molecular weight is 283 g/mol. The van der Waals surface area contributed by atoms with E-state index in [9.17, 15) is 14.9 Å². The van der Waals surface area contributed by atoms with Gasteiger partial charge in [0.15, 0.2) is 0 Å². The smallest absolute Gasteiger partial charge is 0.379 e. The highest BCUT2D eigenvalue weighted by molar-refractivity contribution is 5.91. The Bertz CT molecular complexity index is 495. The number of carbonyl (C=O) groups is 1. The second kappa shape index (κ2) is 6.44. The van der Waals surface area contributed by atoms with E-state index < -0.39 is 10.8 Å². The van der Waals surface area contributed by atoms with Gasteiger partial charge in [0.1, 0.15) is 6.20 Å². The molecule has 2 rings (SSSR count). The fourth-order valence-electron chi connectivity index (χ4n) is 1.98. The Morgan fingerprint density at radius 3 is 2.85 bits per heavy atom. The molecule has 0 aliphatic carbocycles. The topological polar surface area (TPSA) is 103 Å². The number of nitrogens with one attached hydrogen (secondary N) is 1. The van der Waals surface area contributed by atoms with Gasteiger partial charge in [0.2, 0.25) is 0 Å². The van der Waals surface area contributed by atoms with E-state index in [1.54, 1.807) is 7.05 Å². The lowest BCUT2D eigenvalue weighted by molar-refractivity contribution is -0.389. The fourth-order valence-corrected chi connectivity index (χ4v) is 1.98. The number of amides is 1. The third kappa shape index (κ3) is 3.52. The van der Waals surface area contributed by atoms with E-state index in [0.29, 0.717) is 19.8 Å². The van der Waals surface area contributed by atoms with Crippen LogP contribution >= 0.6 is 0 Å². The quantitative estimate of drug-likeness (QED) is 0.571. The maximum atomic E-state index is 11.9. The largest absolute Gasteiger partial charge is 0.382 e. The van der Waals surface area contributed by atoms with Gasteiger partial charge in [0.05, 0.1) is 13.2 Å². The van der Waals surface area contributed by atoms with Crippen LogP contribution in [0.1, 0.15) is 10.6 Å². The summed E-state index contributed by atoms with van der Waals surface area (Å²) in [5, 5.41) is 13.3. The molecule has 1 aromatic rings. The second-order valence-electron chi connectivity index (χ2n) is 4.50. The Labute approximate surface area is 115 Å². The van der Waals surface area contributed by atoms with Crippen molar-refractivity contribution in [2.45, 2.75) is 0 Å². The number of aromatic nitrogens is 2. The molecule has 1 amide bonds. The highest BCUT2D eigenvalue weighted by Gasteiger charge is 2.22. The summed E-state index contributed by atoms with van der Waals surface area (Å²) in [6, 6.07) is 0. The maximum Gasteiger partial charge on any atom is 0.382 e. The first-order chi connectivity index (χ1) is 9.58. The van der Waals surface area contributed by atoms with Crippen LogP contribution in [0.2, 0.25) is 0 Å². The van der Waals surface area contributed by atoms with Crippen LogP contribution in [0.4, 0.5) is 5.82 Å².